The third-order valence-corrected chi connectivity index (χ3v) is 2.49. The van der Waals surface area contributed by atoms with Crippen molar-refractivity contribution in [1.29, 1.82) is 10.5 Å². The van der Waals surface area contributed by atoms with E-state index in [1.165, 1.54) is 0 Å². The van der Waals surface area contributed by atoms with E-state index in [0.29, 0.717) is 5.56 Å². The smallest absolute Gasteiger partial charge is 0.0995 e. The number of nitrogens with zero attached hydrogens (tertiary/aromatic N) is 2. The van der Waals surface area contributed by atoms with Crippen LogP contribution in [-0.2, 0) is 0 Å². The van der Waals surface area contributed by atoms with Gasteiger partial charge in [0, 0.05) is 10.0 Å². The number of nitriles is 2. The van der Waals surface area contributed by atoms with Crippen LogP contribution in [0.25, 0.3) is 0 Å². The van der Waals surface area contributed by atoms with Gasteiger partial charge in [-0.1, -0.05) is 22.0 Å². The second kappa shape index (κ2) is 4.07. The normalized spacial score (nSPS) is 11.4. The van der Waals surface area contributed by atoms with Crippen LogP contribution < -0.4 is 0 Å². The standard InChI is InChI=1S/C10H7BrN2/c1-7(5-12)10-8(6-13)3-2-4-9(10)11/h2-4,7H,1H3. The van der Waals surface area contributed by atoms with Crippen LogP contribution in [0.1, 0.15) is 24.0 Å². The Hall–Kier alpha value is -1.32. The summed E-state index contributed by atoms with van der Waals surface area (Å²) in [7, 11) is 0. The number of hydrogen-bond donors (Lipinski definition) is 0. The monoisotopic (exact) mass is 234 g/mol. The van der Waals surface area contributed by atoms with E-state index in [4.69, 9.17) is 10.5 Å². The number of halogens is 1. The van der Waals surface area contributed by atoms with Gasteiger partial charge in [0.1, 0.15) is 0 Å². The maximum absolute atomic E-state index is 8.81. The Balaban J connectivity index is 3.35. The van der Waals surface area contributed by atoms with Crippen molar-refractivity contribution < 1.29 is 0 Å². The largest absolute Gasteiger partial charge is 0.198 e. The Labute approximate surface area is 85.5 Å². The maximum Gasteiger partial charge on any atom is 0.0995 e. The molecule has 0 saturated heterocycles. The second-order valence-corrected chi connectivity index (χ2v) is 3.52. The third kappa shape index (κ3) is 1.88. The molecular weight excluding hydrogens is 228 g/mol. The Morgan fingerprint density at radius 3 is 2.62 bits per heavy atom. The molecule has 0 N–H and O–H groups in total. The lowest BCUT2D eigenvalue weighted by Crippen LogP contribution is -1.95. The summed E-state index contributed by atoms with van der Waals surface area (Å²) in [4.78, 5) is 0. The van der Waals surface area contributed by atoms with Gasteiger partial charge in [0.25, 0.3) is 0 Å². The molecule has 1 atom stereocenters. The van der Waals surface area contributed by atoms with Crippen molar-refractivity contribution >= 4 is 15.9 Å². The zero-order valence-electron chi connectivity index (χ0n) is 7.08. The second-order valence-electron chi connectivity index (χ2n) is 2.66. The first-order valence-electron chi connectivity index (χ1n) is 3.78. The molecule has 13 heavy (non-hydrogen) atoms. The molecule has 1 rings (SSSR count). The third-order valence-electron chi connectivity index (χ3n) is 1.80. The molecule has 0 heterocycles. The van der Waals surface area contributed by atoms with Gasteiger partial charge in [-0.15, -0.1) is 0 Å². The van der Waals surface area contributed by atoms with Gasteiger partial charge in [-0.3, -0.25) is 0 Å². The molecule has 64 valence electrons. The highest BCUT2D eigenvalue weighted by Crippen LogP contribution is 2.27. The fourth-order valence-electron chi connectivity index (χ4n) is 1.14. The number of hydrogen-bond acceptors (Lipinski definition) is 2. The predicted octanol–water partition coefficient (Wildman–Crippen LogP) is 2.95. The molecule has 3 heteroatoms. The Morgan fingerprint density at radius 1 is 1.38 bits per heavy atom. The van der Waals surface area contributed by atoms with Crippen molar-refractivity contribution in [3.05, 3.63) is 33.8 Å². The summed E-state index contributed by atoms with van der Waals surface area (Å²) in [5.74, 6) is -0.259. The van der Waals surface area contributed by atoms with E-state index < -0.39 is 0 Å². The van der Waals surface area contributed by atoms with Crippen molar-refractivity contribution in [2.24, 2.45) is 0 Å². The SMILES string of the molecule is CC(C#N)c1c(Br)cccc1C#N. The van der Waals surface area contributed by atoms with E-state index in [1.807, 2.05) is 6.07 Å². The summed E-state index contributed by atoms with van der Waals surface area (Å²) in [6.45, 7) is 1.78. The summed E-state index contributed by atoms with van der Waals surface area (Å²) in [5.41, 5.74) is 1.33. The summed E-state index contributed by atoms with van der Waals surface area (Å²) in [6.07, 6.45) is 0. The Bertz CT molecular complexity index is 398. The Morgan fingerprint density at radius 2 is 2.08 bits per heavy atom. The average molecular weight is 235 g/mol. The van der Waals surface area contributed by atoms with Gasteiger partial charge in [-0.05, 0) is 19.1 Å². The minimum atomic E-state index is -0.259. The van der Waals surface area contributed by atoms with Crippen LogP contribution in [0.3, 0.4) is 0 Å². The molecule has 0 spiro atoms. The van der Waals surface area contributed by atoms with Gasteiger partial charge in [0.05, 0.1) is 23.6 Å². The maximum atomic E-state index is 8.81. The molecule has 0 saturated carbocycles. The number of rotatable bonds is 1. The highest BCUT2D eigenvalue weighted by molar-refractivity contribution is 9.10. The van der Waals surface area contributed by atoms with Crippen molar-refractivity contribution in [1.82, 2.24) is 0 Å². The van der Waals surface area contributed by atoms with Crippen molar-refractivity contribution in [3.63, 3.8) is 0 Å². The quantitative estimate of drug-likeness (QED) is 0.751. The molecular formula is C10H7BrN2. The lowest BCUT2D eigenvalue weighted by Gasteiger charge is -2.07. The molecule has 0 fully saturated rings. The molecule has 1 aromatic carbocycles. The van der Waals surface area contributed by atoms with E-state index in [9.17, 15) is 0 Å². The molecule has 0 bridgehead atoms. The molecule has 0 amide bonds. The van der Waals surface area contributed by atoms with E-state index >= 15 is 0 Å². The lowest BCUT2D eigenvalue weighted by atomic mass is 9.98. The van der Waals surface area contributed by atoms with E-state index in [-0.39, 0.29) is 5.92 Å². The molecule has 0 aliphatic rings. The minimum Gasteiger partial charge on any atom is -0.198 e. The predicted molar refractivity (Wildman–Crippen MR) is 52.9 cm³/mol. The fraction of sp³-hybridized carbons (Fsp3) is 0.200. The molecule has 0 aliphatic carbocycles. The Kier molecular flexibility index (Phi) is 3.06. The minimum absolute atomic E-state index is 0.259. The summed E-state index contributed by atoms with van der Waals surface area (Å²) < 4.78 is 0.820. The van der Waals surface area contributed by atoms with Crippen molar-refractivity contribution in [3.8, 4) is 12.1 Å². The summed E-state index contributed by atoms with van der Waals surface area (Å²) in [6, 6.07) is 9.53. The molecule has 0 aliphatic heterocycles. The topological polar surface area (TPSA) is 47.6 Å². The molecule has 1 aromatic rings. The molecule has 0 aromatic heterocycles. The van der Waals surface area contributed by atoms with E-state index in [2.05, 4.69) is 28.1 Å². The first-order chi connectivity index (χ1) is 6.20. The lowest BCUT2D eigenvalue weighted by molar-refractivity contribution is 0.967. The van der Waals surface area contributed by atoms with Crippen molar-refractivity contribution in [2.75, 3.05) is 0 Å². The van der Waals surface area contributed by atoms with Gasteiger partial charge >= 0.3 is 0 Å². The van der Waals surface area contributed by atoms with Gasteiger partial charge < -0.3 is 0 Å². The average Bonchev–Trinajstić information content (AvgIpc) is 2.16. The first-order valence-corrected chi connectivity index (χ1v) is 4.58. The van der Waals surface area contributed by atoms with Gasteiger partial charge in [0.15, 0.2) is 0 Å². The van der Waals surface area contributed by atoms with Crippen LogP contribution in [0.5, 0.6) is 0 Å². The highest BCUT2D eigenvalue weighted by atomic mass is 79.9. The van der Waals surface area contributed by atoms with E-state index in [1.54, 1.807) is 19.1 Å². The van der Waals surface area contributed by atoms with Crippen LogP contribution in [0.15, 0.2) is 22.7 Å². The first kappa shape index (κ1) is 9.77. The van der Waals surface area contributed by atoms with Gasteiger partial charge in [0.2, 0.25) is 0 Å². The molecule has 1 unspecified atom stereocenters. The fourth-order valence-corrected chi connectivity index (χ4v) is 1.85. The van der Waals surface area contributed by atoms with Crippen LogP contribution in [0, 0.1) is 22.7 Å². The summed E-state index contributed by atoms with van der Waals surface area (Å²) in [5, 5.41) is 17.6. The van der Waals surface area contributed by atoms with Crippen LogP contribution in [-0.4, -0.2) is 0 Å². The zero-order valence-corrected chi connectivity index (χ0v) is 8.67. The van der Waals surface area contributed by atoms with Crippen LogP contribution in [0.2, 0.25) is 0 Å². The van der Waals surface area contributed by atoms with E-state index in [0.717, 1.165) is 10.0 Å². The molecule has 0 radical (unpaired) electrons. The van der Waals surface area contributed by atoms with Crippen LogP contribution in [0.4, 0.5) is 0 Å². The van der Waals surface area contributed by atoms with Crippen LogP contribution >= 0.6 is 15.9 Å². The zero-order chi connectivity index (χ0) is 9.84. The molecule has 2 nitrogen and oxygen atoms in total. The van der Waals surface area contributed by atoms with Gasteiger partial charge in [-0.2, -0.15) is 10.5 Å². The highest BCUT2D eigenvalue weighted by Gasteiger charge is 2.12. The van der Waals surface area contributed by atoms with Crippen molar-refractivity contribution in [2.45, 2.75) is 12.8 Å². The summed E-state index contributed by atoms with van der Waals surface area (Å²) >= 11 is 3.33. The van der Waals surface area contributed by atoms with Gasteiger partial charge in [-0.25, -0.2) is 0 Å². The number of benzene rings is 1.